The summed E-state index contributed by atoms with van der Waals surface area (Å²) < 4.78 is 77.0. The minimum Gasteiger partial charge on any atom is -0.347 e. The number of alkyl halides is 6. The predicted octanol–water partition coefficient (Wildman–Crippen LogP) is 4.23. The van der Waals surface area contributed by atoms with Gasteiger partial charge in [-0.3, -0.25) is 0 Å². The second-order valence-electron chi connectivity index (χ2n) is 6.05. The van der Waals surface area contributed by atoms with E-state index in [0.717, 1.165) is 0 Å². The van der Waals surface area contributed by atoms with Gasteiger partial charge in [-0.05, 0) is 37.6 Å². The van der Waals surface area contributed by atoms with Crippen LogP contribution in [0.5, 0.6) is 0 Å². The average Bonchev–Trinajstić information content (AvgIpc) is 2.84. The maximum absolute atomic E-state index is 12.8. The molecule has 0 atom stereocenters. The molecule has 0 radical (unpaired) electrons. The van der Waals surface area contributed by atoms with Crippen LogP contribution in [0.4, 0.5) is 26.3 Å². The lowest BCUT2D eigenvalue weighted by atomic mass is 10.0. The molecule has 3 nitrogen and oxygen atoms in total. The van der Waals surface area contributed by atoms with Crippen LogP contribution < -0.4 is 5.73 Å². The van der Waals surface area contributed by atoms with Gasteiger partial charge in [0.05, 0.1) is 22.4 Å². The number of rotatable bonds is 3. The molecule has 0 aliphatic rings. The summed E-state index contributed by atoms with van der Waals surface area (Å²) in [5.74, 6) is 0.389. The van der Waals surface area contributed by atoms with Gasteiger partial charge in [-0.1, -0.05) is 0 Å². The molecular weight excluding hydrogens is 336 g/mol. The lowest BCUT2D eigenvalue weighted by Crippen LogP contribution is -2.30. The lowest BCUT2D eigenvalue weighted by Gasteiger charge is -2.14. The molecule has 0 bridgehead atoms. The fourth-order valence-corrected chi connectivity index (χ4v) is 2.11. The largest absolute Gasteiger partial charge is 0.416 e. The minimum absolute atomic E-state index is 0.0997. The van der Waals surface area contributed by atoms with Crippen LogP contribution in [-0.2, 0) is 24.3 Å². The maximum atomic E-state index is 12.8. The molecular formula is C15H15F6N3. The van der Waals surface area contributed by atoms with E-state index in [-0.39, 0.29) is 18.1 Å². The Hall–Kier alpha value is -2.03. The number of hydrogen-bond acceptors (Lipinski definition) is 2. The highest BCUT2D eigenvalue weighted by Gasteiger charge is 2.36. The number of aromatic nitrogens is 2. The van der Waals surface area contributed by atoms with Crippen molar-refractivity contribution in [2.75, 3.05) is 0 Å². The van der Waals surface area contributed by atoms with Crippen molar-refractivity contribution in [1.82, 2.24) is 9.97 Å². The fourth-order valence-electron chi connectivity index (χ4n) is 2.11. The summed E-state index contributed by atoms with van der Waals surface area (Å²) in [5.41, 5.74) is 2.51. The summed E-state index contributed by atoms with van der Waals surface area (Å²) in [6, 6.07) is 1.48. The highest BCUT2D eigenvalue weighted by Crippen LogP contribution is 2.36. The molecule has 1 aromatic carbocycles. The normalized spacial score (nSPS) is 13.4. The van der Waals surface area contributed by atoms with E-state index in [1.165, 1.54) is 6.20 Å². The van der Waals surface area contributed by atoms with Crippen molar-refractivity contribution in [3.63, 3.8) is 0 Å². The number of imidazole rings is 1. The van der Waals surface area contributed by atoms with Gasteiger partial charge in [-0.2, -0.15) is 26.3 Å². The number of nitrogens with two attached hydrogens (primary N) is 1. The third-order valence-electron chi connectivity index (χ3n) is 3.27. The molecule has 2 rings (SSSR count). The number of hydrogen-bond donors (Lipinski definition) is 2. The van der Waals surface area contributed by atoms with Crippen molar-refractivity contribution in [2.45, 2.75) is 38.2 Å². The molecule has 0 saturated carbocycles. The fraction of sp³-hybridized carbons (Fsp3) is 0.400. The first-order valence-corrected chi connectivity index (χ1v) is 6.89. The molecule has 0 aliphatic carbocycles. The van der Waals surface area contributed by atoms with Crippen molar-refractivity contribution >= 4 is 0 Å². The van der Waals surface area contributed by atoms with E-state index in [2.05, 4.69) is 9.97 Å². The van der Waals surface area contributed by atoms with Crippen LogP contribution >= 0.6 is 0 Å². The summed E-state index contributed by atoms with van der Waals surface area (Å²) in [4.78, 5) is 6.89. The van der Waals surface area contributed by atoms with E-state index in [0.29, 0.717) is 23.7 Å². The van der Waals surface area contributed by atoms with E-state index in [1.54, 1.807) is 13.8 Å². The average molecular weight is 351 g/mol. The quantitative estimate of drug-likeness (QED) is 0.813. The second kappa shape index (κ2) is 5.80. The minimum atomic E-state index is -4.87. The molecule has 0 amide bonds. The molecule has 0 saturated heterocycles. The summed E-state index contributed by atoms with van der Waals surface area (Å²) in [6.07, 6.45) is -8.50. The molecule has 9 heteroatoms. The van der Waals surface area contributed by atoms with Crippen LogP contribution in [-0.4, -0.2) is 9.97 Å². The van der Waals surface area contributed by atoms with Crippen LogP contribution in [0.15, 0.2) is 24.4 Å². The molecule has 0 unspecified atom stereocenters. The molecule has 1 aromatic heterocycles. The first-order chi connectivity index (χ1) is 10.8. The Morgan fingerprint density at radius 1 is 0.958 bits per heavy atom. The standard InChI is InChI=1S/C15H15F6N3/c1-13(2,22)12-23-7-11(24-12)5-8-3-9(14(16,17)18)6-10(4-8)15(19,20)21/h3-4,6-7H,5,22H2,1-2H3,(H,23,24). The van der Waals surface area contributed by atoms with Gasteiger partial charge < -0.3 is 10.7 Å². The molecule has 0 spiro atoms. The van der Waals surface area contributed by atoms with E-state index in [1.807, 2.05) is 0 Å². The molecule has 24 heavy (non-hydrogen) atoms. The van der Waals surface area contributed by atoms with Crippen molar-refractivity contribution in [1.29, 1.82) is 0 Å². The Morgan fingerprint density at radius 2 is 1.46 bits per heavy atom. The number of nitrogens with zero attached hydrogens (tertiary/aromatic N) is 1. The Bertz CT molecular complexity index is 690. The zero-order chi connectivity index (χ0) is 18.3. The van der Waals surface area contributed by atoms with Crippen LogP contribution in [0, 0.1) is 0 Å². The highest BCUT2D eigenvalue weighted by molar-refractivity contribution is 5.35. The van der Waals surface area contributed by atoms with E-state index in [4.69, 9.17) is 5.73 Å². The first kappa shape index (κ1) is 18.3. The van der Waals surface area contributed by atoms with Crippen LogP contribution in [0.1, 0.15) is 42.1 Å². The van der Waals surface area contributed by atoms with Gasteiger partial charge in [0.25, 0.3) is 0 Å². The molecule has 0 fully saturated rings. The van der Waals surface area contributed by atoms with Gasteiger partial charge in [0.15, 0.2) is 0 Å². The van der Waals surface area contributed by atoms with Crippen molar-refractivity contribution in [3.8, 4) is 0 Å². The SMILES string of the molecule is CC(C)(N)c1nc(Cc2cc(C(F)(F)F)cc(C(F)(F)F)c2)c[nH]1. The zero-order valence-corrected chi connectivity index (χ0v) is 12.8. The van der Waals surface area contributed by atoms with Gasteiger partial charge in [-0.15, -0.1) is 0 Å². The number of benzene rings is 1. The van der Waals surface area contributed by atoms with E-state index >= 15 is 0 Å². The van der Waals surface area contributed by atoms with Crippen molar-refractivity contribution in [2.24, 2.45) is 5.73 Å². The highest BCUT2D eigenvalue weighted by atomic mass is 19.4. The third-order valence-corrected chi connectivity index (χ3v) is 3.27. The predicted molar refractivity (Wildman–Crippen MR) is 75.1 cm³/mol. The van der Waals surface area contributed by atoms with Gasteiger partial charge in [0, 0.05) is 12.6 Å². The number of halogens is 6. The Labute approximate surface area is 133 Å². The number of nitrogens with one attached hydrogen (secondary N) is 1. The summed E-state index contributed by atoms with van der Waals surface area (Å²) in [6.45, 7) is 3.34. The molecule has 3 N–H and O–H groups in total. The molecule has 2 aromatic rings. The second-order valence-corrected chi connectivity index (χ2v) is 6.05. The maximum Gasteiger partial charge on any atom is 0.416 e. The van der Waals surface area contributed by atoms with E-state index in [9.17, 15) is 26.3 Å². The van der Waals surface area contributed by atoms with Gasteiger partial charge >= 0.3 is 12.4 Å². The van der Waals surface area contributed by atoms with Crippen LogP contribution in [0.3, 0.4) is 0 Å². The molecule has 132 valence electrons. The number of H-pyrrole nitrogens is 1. The van der Waals surface area contributed by atoms with Gasteiger partial charge in [0.2, 0.25) is 0 Å². The summed E-state index contributed by atoms with van der Waals surface area (Å²) in [5, 5.41) is 0. The van der Waals surface area contributed by atoms with Gasteiger partial charge in [0.1, 0.15) is 5.82 Å². The zero-order valence-electron chi connectivity index (χ0n) is 12.8. The van der Waals surface area contributed by atoms with Crippen molar-refractivity contribution in [3.05, 3.63) is 52.6 Å². The summed E-state index contributed by atoms with van der Waals surface area (Å²) in [7, 11) is 0. The molecule has 1 heterocycles. The monoisotopic (exact) mass is 351 g/mol. The Morgan fingerprint density at radius 3 is 1.83 bits per heavy atom. The lowest BCUT2D eigenvalue weighted by molar-refractivity contribution is -0.143. The van der Waals surface area contributed by atoms with Gasteiger partial charge in [-0.25, -0.2) is 4.98 Å². The van der Waals surface area contributed by atoms with Crippen LogP contribution in [0.25, 0.3) is 0 Å². The Balaban J connectivity index is 2.41. The first-order valence-electron chi connectivity index (χ1n) is 6.89. The summed E-state index contributed by atoms with van der Waals surface area (Å²) >= 11 is 0. The van der Waals surface area contributed by atoms with Crippen LogP contribution in [0.2, 0.25) is 0 Å². The number of aromatic amines is 1. The third kappa shape index (κ3) is 4.28. The Kier molecular flexibility index (Phi) is 4.43. The topological polar surface area (TPSA) is 54.7 Å². The van der Waals surface area contributed by atoms with E-state index < -0.39 is 29.0 Å². The smallest absolute Gasteiger partial charge is 0.347 e. The van der Waals surface area contributed by atoms with Crippen molar-refractivity contribution < 1.29 is 26.3 Å². The molecule has 0 aliphatic heterocycles.